The number of rotatable bonds is 54. The molecule has 0 aromatic rings. The molecule has 0 rings (SSSR count). The topological polar surface area (TPSA) is 78.9 Å². The van der Waals surface area contributed by atoms with Gasteiger partial charge in [-0.1, -0.05) is 247 Å². The Kier molecular flexibility index (Phi) is 61.6. The predicted octanol–water partition coefficient (Wildman–Crippen LogP) is 22.0. The third-order valence-corrected chi connectivity index (χ3v) is 12.3. The van der Waals surface area contributed by atoms with Crippen molar-refractivity contribution in [3.63, 3.8) is 0 Å². The van der Waals surface area contributed by atoms with Gasteiger partial charge in [-0.15, -0.1) is 0 Å². The molecule has 0 saturated carbocycles. The molecule has 0 radical (unpaired) electrons. The summed E-state index contributed by atoms with van der Waals surface area (Å²) in [5.74, 6) is -1.04. The van der Waals surface area contributed by atoms with Crippen molar-refractivity contribution < 1.29 is 28.6 Å². The van der Waals surface area contributed by atoms with E-state index < -0.39 is 6.10 Å². The summed E-state index contributed by atoms with van der Waals surface area (Å²) in [4.78, 5) is 38.3. The maximum Gasteiger partial charge on any atom is 0.306 e. The Hall–Kier alpha value is -6.01. The predicted molar refractivity (Wildman–Crippen MR) is 352 cm³/mol. The third-order valence-electron chi connectivity index (χ3n) is 12.3. The van der Waals surface area contributed by atoms with Gasteiger partial charge in [-0.25, -0.2) is 0 Å². The number of unbranched alkanes of at least 4 members (excludes halogenated alkanes) is 9. The van der Waals surface area contributed by atoms with Crippen molar-refractivity contribution in [2.45, 2.75) is 232 Å². The fourth-order valence-corrected chi connectivity index (χ4v) is 7.65. The number of ether oxygens (including phenoxy) is 3. The van der Waals surface area contributed by atoms with Crippen molar-refractivity contribution in [1.82, 2.24) is 0 Å². The van der Waals surface area contributed by atoms with Crippen molar-refractivity contribution in [1.29, 1.82) is 0 Å². The van der Waals surface area contributed by atoms with Crippen LogP contribution in [0.2, 0.25) is 0 Å². The summed E-state index contributed by atoms with van der Waals surface area (Å²) in [6.45, 7) is 6.19. The molecule has 0 aliphatic heterocycles. The molecule has 0 amide bonds. The van der Waals surface area contributed by atoms with Gasteiger partial charge in [0, 0.05) is 19.3 Å². The van der Waals surface area contributed by atoms with Crippen LogP contribution in [0.5, 0.6) is 0 Å². The fraction of sp³-hybridized carbons (Fsp3) is 0.507. The Morgan fingerprint density at radius 2 is 0.444 bits per heavy atom. The largest absolute Gasteiger partial charge is 0.462 e. The highest BCUT2D eigenvalue weighted by atomic mass is 16.6. The van der Waals surface area contributed by atoms with Crippen LogP contribution in [0.3, 0.4) is 0 Å². The molecule has 0 aromatic carbocycles. The van der Waals surface area contributed by atoms with E-state index in [2.05, 4.69) is 227 Å². The summed E-state index contributed by atoms with van der Waals surface area (Å²) in [6.07, 6.45) is 103. The highest BCUT2D eigenvalue weighted by molar-refractivity contribution is 5.71. The van der Waals surface area contributed by atoms with Crippen LogP contribution in [0.4, 0.5) is 0 Å². The Bertz CT molecular complexity index is 2000. The number of hydrogen-bond donors (Lipinski definition) is 0. The molecule has 81 heavy (non-hydrogen) atoms. The molecule has 448 valence electrons. The molecule has 6 heteroatoms. The lowest BCUT2D eigenvalue weighted by Gasteiger charge is -2.18. The number of carbonyl (C=O) groups is 3. The summed E-state index contributed by atoms with van der Waals surface area (Å²) < 4.78 is 16.8. The van der Waals surface area contributed by atoms with E-state index in [1.54, 1.807) is 0 Å². The first-order chi connectivity index (χ1) is 40.0. The molecule has 0 spiro atoms. The fourth-order valence-electron chi connectivity index (χ4n) is 7.65. The first-order valence-electron chi connectivity index (χ1n) is 31.6. The van der Waals surface area contributed by atoms with Crippen molar-refractivity contribution in [2.24, 2.45) is 0 Å². The summed E-state index contributed by atoms with van der Waals surface area (Å²) in [7, 11) is 0. The van der Waals surface area contributed by atoms with Crippen LogP contribution < -0.4 is 0 Å². The zero-order valence-electron chi connectivity index (χ0n) is 51.2. The summed E-state index contributed by atoms with van der Waals surface area (Å²) in [5, 5.41) is 0. The van der Waals surface area contributed by atoms with E-state index in [1.165, 1.54) is 0 Å². The standard InChI is InChI=1S/C75H112O6/c1-4-7-10-13-16-19-22-25-28-30-32-33-34-35-36-37-38-39-40-41-43-44-47-50-53-56-59-62-65-68-74(77)80-71-72(70-79-73(76)67-64-61-58-55-52-49-46-27-24-21-18-15-12-9-6-3)81-75(78)69-66-63-60-57-54-51-48-45-42-31-29-26-23-20-17-14-11-8-5-2/h7-12,16-21,25-29,32-33,35-36,38-39,41-43,45-47,50-52,54-55,72H,4-6,13-15,22-24,30-31,34,37,40,44,48-49,53,56-71H2,1-3H3/b10-7-,11-8-,12-9-,19-16-,20-17-,21-18-,28-25-,29-26-,33-32-,36-35-,39-38-,43-41-,45-42-,46-27-,50-47-,54-51-,55-52-. The Balaban J connectivity index is 4.54. The molecule has 0 bridgehead atoms. The van der Waals surface area contributed by atoms with E-state index in [9.17, 15) is 14.4 Å². The first-order valence-corrected chi connectivity index (χ1v) is 31.6. The van der Waals surface area contributed by atoms with Crippen molar-refractivity contribution >= 4 is 17.9 Å². The Morgan fingerprint density at radius 3 is 0.716 bits per heavy atom. The van der Waals surface area contributed by atoms with Gasteiger partial charge in [-0.2, -0.15) is 0 Å². The number of esters is 3. The third kappa shape index (κ3) is 64.7. The van der Waals surface area contributed by atoms with Crippen LogP contribution in [0, 0.1) is 0 Å². The molecule has 6 nitrogen and oxygen atoms in total. The molecule has 0 heterocycles. The van der Waals surface area contributed by atoms with E-state index in [4.69, 9.17) is 14.2 Å². The van der Waals surface area contributed by atoms with Gasteiger partial charge >= 0.3 is 17.9 Å². The second-order valence-electron chi connectivity index (χ2n) is 19.8. The average Bonchev–Trinajstić information content (AvgIpc) is 3.47. The lowest BCUT2D eigenvalue weighted by atomic mass is 10.1. The number of hydrogen-bond acceptors (Lipinski definition) is 6. The normalized spacial score (nSPS) is 13.6. The maximum atomic E-state index is 12.9. The quantitative estimate of drug-likeness (QED) is 0.0261. The average molecular weight is 1110 g/mol. The van der Waals surface area contributed by atoms with Crippen molar-refractivity contribution in [3.8, 4) is 0 Å². The van der Waals surface area contributed by atoms with Gasteiger partial charge in [0.15, 0.2) is 6.10 Å². The monoisotopic (exact) mass is 1110 g/mol. The smallest absolute Gasteiger partial charge is 0.306 e. The van der Waals surface area contributed by atoms with Crippen LogP contribution in [-0.2, 0) is 28.6 Å². The minimum Gasteiger partial charge on any atom is -0.462 e. The van der Waals surface area contributed by atoms with E-state index >= 15 is 0 Å². The Labute approximate surface area is 496 Å². The molecule has 1 unspecified atom stereocenters. The van der Waals surface area contributed by atoms with Crippen LogP contribution in [0.15, 0.2) is 207 Å². The van der Waals surface area contributed by atoms with Crippen molar-refractivity contribution in [2.75, 3.05) is 13.2 Å². The minimum absolute atomic E-state index is 0.131. The van der Waals surface area contributed by atoms with Gasteiger partial charge in [0.05, 0.1) is 0 Å². The maximum absolute atomic E-state index is 12.9. The highest BCUT2D eigenvalue weighted by Crippen LogP contribution is 2.12. The molecule has 1 atom stereocenters. The molecule has 0 N–H and O–H groups in total. The minimum atomic E-state index is -0.839. The SMILES string of the molecule is CC/C=C\C/C=C\C/C=C\C/C=C\C/C=C\C/C=C\C/C=C\C/C=C\CCCCCCC(=O)OCC(COC(=O)CCCC/C=C\C/C=C\C/C=C\C/C=C\CC)OC(=O)CCCCC/C=C\C/C=C\C/C=C\C/C=C\C/C=C\CC. The summed E-state index contributed by atoms with van der Waals surface area (Å²) in [6, 6.07) is 0. The highest BCUT2D eigenvalue weighted by Gasteiger charge is 2.19. The zero-order chi connectivity index (χ0) is 58.5. The van der Waals surface area contributed by atoms with Crippen LogP contribution >= 0.6 is 0 Å². The van der Waals surface area contributed by atoms with Gasteiger partial charge in [-0.05, 0) is 167 Å². The van der Waals surface area contributed by atoms with Gasteiger partial charge in [0.1, 0.15) is 13.2 Å². The molecule has 0 aromatic heterocycles. The lowest BCUT2D eigenvalue weighted by Crippen LogP contribution is -2.30. The van der Waals surface area contributed by atoms with Crippen LogP contribution in [0.1, 0.15) is 226 Å². The molecular weight excluding hydrogens is 997 g/mol. The van der Waals surface area contributed by atoms with E-state index in [0.29, 0.717) is 19.3 Å². The van der Waals surface area contributed by atoms with E-state index in [-0.39, 0.29) is 44.0 Å². The van der Waals surface area contributed by atoms with Gasteiger partial charge < -0.3 is 14.2 Å². The van der Waals surface area contributed by atoms with E-state index in [0.717, 1.165) is 173 Å². The molecule has 0 aliphatic carbocycles. The van der Waals surface area contributed by atoms with Gasteiger partial charge in [-0.3, -0.25) is 14.4 Å². The molecule has 0 fully saturated rings. The second-order valence-corrected chi connectivity index (χ2v) is 19.8. The van der Waals surface area contributed by atoms with Crippen LogP contribution in [-0.4, -0.2) is 37.2 Å². The summed E-state index contributed by atoms with van der Waals surface area (Å²) in [5.41, 5.74) is 0. The van der Waals surface area contributed by atoms with Gasteiger partial charge in [0.25, 0.3) is 0 Å². The first kappa shape index (κ1) is 75.0. The van der Waals surface area contributed by atoms with Gasteiger partial charge in [0.2, 0.25) is 0 Å². The second kappa shape index (κ2) is 66.5. The number of allylic oxidation sites excluding steroid dienone is 34. The lowest BCUT2D eigenvalue weighted by molar-refractivity contribution is -0.167. The van der Waals surface area contributed by atoms with Crippen molar-refractivity contribution in [3.05, 3.63) is 207 Å². The summed E-state index contributed by atoms with van der Waals surface area (Å²) >= 11 is 0. The number of carbonyl (C=O) groups excluding carboxylic acids is 3. The Morgan fingerprint density at radius 1 is 0.247 bits per heavy atom. The molecule has 0 aliphatic rings. The molecular formula is C75H112O6. The molecule has 0 saturated heterocycles. The van der Waals surface area contributed by atoms with Crippen LogP contribution in [0.25, 0.3) is 0 Å². The zero-order valence-corrected chi connectivity index (χ0v) is 51.2. The van der Waals surface area contributed by atoms with E-state index in [1.807, 2.05) is 0 Å².